The second-order valence-corrected chi connectivity index (χ2v) is 4.78. The Morgan fingerprint density at radius 2 is 1.89 bits per heavy atom. The zero-order chi connectivity index (χ0) is 13.8. The molecule has 7 heteroatoms. The lowest BCUT2D eigenvalue weighted by atomic mass is 10.2. The Bertz CT molecular complexity index is 592. The maximum atomic E-state index is 6.12. The van der Waals surface area contributed by atoms with E-state index in [1.54, 1.807) is 18.2 Å². The number of benzene rings is 1. The molecule has 0 aliphatic carbocycles. The van der Waals surface area contributed by atoms with Gasteiger partial charge >= 0.3 is 6.01 Å². The second-order valence-electron chi connectivity index (χ2n) is 3.66. The number of rotatable bonds is 4. The van der Waals surface area contributed by atoms with E-state index in [0.29, 0.717) is 28.0 Å². The van der Waals surface area contributed by atoms with Gasteiger partial charge in [-0.2, -0.15) is 15.0 Å². The lowest BCUT2D eigenvalue weighted by molar-refractivity contribution is 0.291. The quantitative estimate of drug-likeness (QED) is 0.844. The summed E-state index contributed by atoms with van der Waals surface area (Å²) in [5.74, 6) is 0.332. The van der Waals surface area contributed by atoms with Gasteiger partial charge in [0.1, 0.15) is 0 Å². The van der Waals surface area contributed by atoms with Crippen molar-refractivity contribution in [1.82, 2.24) is 15.0 Å². The molecule has 0 fully saturated rings. The Morgan fingerprint density at radius 3 is 2.63 bits per heavy atom. The third-order valence-electron chi connectivity index (χ3n) is 2.22. The predicted molar refractivity (Wildman–Crippen MR) is 76.1 cm³/mol. The highest BCUT2D eigenvalue weighted by molar-refractivity contribution is 6.43. The average molecular weight is 319 g/mol. The second kappa shape index (κ2) is 6.37. The first-order chi connectivity index (χ1) is 9.11. The lowest BCUT2D eigenvalue weighted by Gasteiger charge is -2.07. The van der Waals surface area contributed by atoms with Gasteiger partial charge in [-0.05, 0) is 30.2 Å². The largest absolute Gasteiger partial charge is 0.463 e. The molecule has 0 radical (unpaired) electrons. The van der Waals surface area contributed by atoms with Crippen molar-refractivity contribution < 1.29 is 4.74 Å². The van der Waals surface area contributed by atoms with Crippen molar-refractivity contribution in [3.63, 3.8) is 0 Å². The van der Waals surface area contributed by atoms with E-state index in [2.05, 4.69) is 15.0 Å². The van der Waals surface area contributed by atoms with Crippen LogP contribution >= 0.6 is 34.8 Å². The molecule has 19 heavy (non-hydrogen) atoms. The maximum absolute atomic E-state index is 6.12. The van der Waals surface area contributed by atoms with E-state index in [-0.39, 0.29) is 11.3 Å². The first kappa shape index (κ1) is 14.3. The molecule has 0 atom stereocenters. The summed E-state index contributed by atoms with van der Waals surface area (Å²) >= 11 is 17.9. The van der Waals surface area contributed by atoms with Gasteiger partial charge in [-0.15, -0.1) is 0 Å². The van der Waals surface area contributed by atoms with Gasteiger partial charge in [-0.25, -0.2) is 0 Å². The summed E-state index contributed by atoms with van der Waals surface area (Å²) in [4.78, 5) is 12.1. The van der Waals surface area contributed by atoms with Gasteiger partial charge in [0.2, 0.25) is 5.28 Å². The molecule has 100 valence electrons. The molecule has 1 aromatic carbocycles. The summed E-state index contributed by atoms with van der Waals surface area (Å²) < 4.78 is 5.35. The molecule has 1 heterocycles. The standard InChI is InChI=1S/C12H10Cl3N3O/c1-2-6-19-12-17-10(16-11(15)18-12)7-4-3-5-8(13)9(7)14/h3-5H,2,6H2,1H3. The van der Waals surface area contributed by atoms with Crippen LogP contribution in [0.5, 0.6) is 6.01 Å². The minimum atomic E-state index is 0.0483. The summed E-state index contributed by atoms with van der Waals surface area (Å²) in [6.07, 6.45) is 0.844. The molecule has 0 unspecified atom stereocenters. The van der Waals surface area contributed by atoms with Crippen LogP contribution in [0.15, 0.2) is 18.2 Å². The molecule has 0 aliphatic rings. The lowest BCUT2D eigenvalue weighted by Crippen LogP contribution is -2.03. The molecule has 0 N–H and O–H groups in total. The smallest absolute Gasteiger partial charge is 0.321 e. The van der Waals surface area contributed by atoms with E-state index in [4.69, 9.17) is 39.5 Å². The van der Waals surface area contributed by atoms with Crippen LogP contribution in [0.4, 0.5) is 0 Å². The Morgan fingerprint density at radius 1 is 1.11 bits per heavy atom. The molecule has 1 aromatic heterocycles. The van der Waals surface area contributed by atoms with Crippen LogP contribution in [0.1, 0.15) is 13.3 Å². The third-order valence-corrected chi connectivity index (χ3v) is 3.20. The fraction of sp³-hybridized carbons (Fsp3) is 0.250. The van der Waals surface area contributed by atoms with Gasteiger partial charge in [-0.1, -0.05) is 36.2 Å². The van der Waals surface area contributed by atoms with Gasteiger partial charge in [0.25, 0.3) is 0 Å². The summed E-state index contributed by atoms with van der Waals surface area (Å²) in [7, 11) is 0. The first-order valence-electron chi connectivity index (χ1n) is 5.60. The first-order valence-corrected chi connectivity index (χ1v) is 6.74. The Hall–Kier alpha value is -1.10. The van der Waals surface area contributed by atoms with Crippen LogP contribution in [-0.4, -0.2) is 21.6 Å². The monoisotopic (exact) mass is 317 g/mol. The molecule has 0 amide bonds. The Balaban J connectivity index is 2.44. The van der Waals surface area contributed by atoms with E-state index >= 15 is 0 Å². The van der Waals surface area contributed by atoms with Crippen molar-refractivity contribution in [2.45, 2.75) is 13.3 Å². The van der Waals surface area contributed by atoms with E-state index < -0.39 is 0 Å². The van der Waals surface area contributed by atoms with Gasteiger partial charge in [0.15, 0.2) is 5.82 Å². The fourth-order valence-electron chi connectivity index (χ4n) is 1.39. The summed E-state index contributed by atoms with van der Waals surface area (Å²) in [5, 5.41) is 0.840. The van der Waals surface area contributed by atoms with Crippen molar-refractivity contribution in [3.8, 4) is 17.4 Å². The maximum Gasteiger partial charge on any atom is 0.321 e. The van der Waals surface area contributed by atoms with E-state index in [1.807, 2.05) is 6.92 Å². The predicted octanol–water partition coefficient (Wildman–Crippen LogP) is 4.29. The minimum absolute atomic E-state index is 0.0483. The summed E-state index contributed by atoms with van der Waals surface area (Å²) in [6.45, 7) is 2.49. The Labute approximate surface area is 125 Å². The van der Waals surface area contributed by atoms with Crippen molar-refractivity contribution in [2.24, 2.45) is 0 Å². The minimum Gasteiger partial charge on any atom is -0.463 e. The third kappa shape index (κ3) is 3.47. The molecular weight excluding hydrogens is 309 g/mol. The highest BCUT2D eigenvalue weighted by atomic mass is 35.5. The molecular formula is C12H10Cl3N3O. The van der Waals surface area contributed by atoms with E-state index in [0.717, 1.165) is 6.42 Å². The molecule has 4 nitrogen and oxygen atoms in total. The molecule has 0 spiro atoms. The van der Waals surface area contributed by atoms with E-state index in [9.17, 15) is 0 Å². The molecule has 0 bridgehead atoms. The molecule has 0 saturated carbocycles. The van der Waals surface area contributed by atoms with Crippen LogP contribution in [0.3, 0.4) is 0 Å². The summed E-state index contributed by atoms with van der Waals surface area (Å²) in [6, 6.07) is 5.37. The fourth-order valence-corrected chi connectivity index (χ4v) is 1.92. The molecule has 2 aromatic rings. The van der Waals surface area contributed by atoms with Crippen molar-refractivity contribution in [1.29, 1.82) is 0 Å². The van der Waals surface area contributed by atoms with Crippen LogP contribution in [0.25, 0.3) is 11.4 Å². The Kier molecular flexibility index (Phi) is 4.80. The summed E-state index contributed by atoms with van der Waals surface area (Å²) in [5.41, 5.74) is 0.583. The van der Waals surface area contributed by atoms with Crippen LogP contribution in [0.2, 0.25) is 15.3 Å². The van der Waals surface area contributed by atoms with Gasteiger partial charge in [0.05, 0.1) is 16.7 Å². The van der Waals surface area contributed by atoms with Gasteiger partial charge in [-0.3, -0.25) is 0 Å². The van der Waals surface area contributed by atoms with Gasteiger partial charge in [0, 0.05) is 5.56 Å². The van der Waals surface area contributed by atoms with Crippen molar-refractivity contribution in [3.05, 3.63) is 33.5 Å². The number of ether oxygens (including phenoxy) is 1. The molecule has 2 rings (SSSR count). The van der Waals surface area contributed by atoms with Crippen molar-refractivity contribution in [2.75, 3.05) is 6.61 Å². The normalized spacial score (nSPS) is 10.5. The number of halogens is 3. The average Bonchev–Trinajstić information content (AvgIpc) is 2.39. The zero-order valence-electron chi connectivity index (χ0n) is 10.0. The van der Waals surface area contributed by atoms with Crippen molar-refractivity contribution >= 4 is 34.8 Å². The number of hydrogen-bond acceptors (Lipinski definition) is 4. The molecule has 0 aliphatic heterocycles. The zero-order valence-corrected chi connectivity index (χ0v) is 12.3. The topological polar surface area (TPSA) is 47.9 Å². The van der Waals surface area contributed by atoms with Crippen LogP contribution < -0.4 is 4.74 Å². The number of aromatic nitrogens is 3. The molecule has 0 saturated heterocycles. The number of hydrogen-bond donors (Lipinski definition) is 0. The highest BCUT2D eigenvalue weighted by Gasteiger charge is 2.13. The van der Waals surface area contributed by atoms with E-state index in [1.165, 1.54) is 0 Å². The highest BCUT2D eigenvalue weighted by Crippen LogP contribution is 2.32. The SMILES string of the molecule is CCCOc1nc(Cl)nc(-c2cccc(Cl)c2Cl)n1. The number of nitrogens with zero attached hydrogens (tertiary/aromatic N) is 3. The van der Waals surface area contributed by atoms with Crippen LogP contribution in [0, 0.1) is 0 Å². The van der Waals surface area contributed by atoms with Crippen LogP contribution in [-0.2, 0) is 0 Å². The van der Waals surface area contributed by atoms with Gasteiger partial charge < -0.3 is 4.74 Å².